The third-order valence-corrected chi connectivity index (χ3v) is 4.39. The van der Waals surface area contributed by atoms with Crippen molar-refractivity contribution in [1.82, 2.24) is 14.9 Å². The lowest BCUT2D eigenvalue weighted by Gasteiger charge is -2.42. The molecule has 1 aromatic carbocycles. The predicted octanol–water partition coefficient (Wildman–Crippen LogP) is 2.53. The summed E-state index contributed by atoms with van der Waals surface area (Å²) in [5.74, 6) is 0. The third kappa shape index (κ3) is 1.73. The third-order valence-electron chi connectivity index (χ3n) is 4.39. The number of fused-ring (bicyclic) bond motifs is 1. The molecule has 4 heteroatoms. The Labute approximate surface area is 113 Å². The average molecular weight is 254 g/mol. The first-order valence-electron chi connectivity index (χ1n) is 6.70. The highest BCUT2D eigenvalue weighted by atomic mass is 15.0. The fourth-order valence-corrected chi connectivity index (χ4v) is 3.12. The van der Waals surface area contributed by atoms with Crippen LogP contribution in [0.2, 0.25) is 0 Å². The fourth-order valence-electron chi connectivity index (χ4n) is 3.12. The number of benzene rings is 1. The lowest BCUT2D eigenvalue weighted by molar-refractivity contribution is 0.149. The van der Waals surface area contributed by atoms with Gasteiger partial charge >= 0.3 is 0 Å². The normalized spacial score (nSPS) is 18.8. The SMILES string of the molecule is CNC(c1ccc2c(c1)ncn2C)C1(C#N)CCC1. The number of aryl methyl sites for hydroxylation is 1. The Morgan fingerprint density at radius 3 is 2.84 bits per heavy atom. The summed E-state index contributed by atoms with van der Waals surface area (Å²) in [7, 11) is 3.93. The van der Waals surface area contributed by atoms with E-state index in [0.717, 1.165) is 35.9 Å². The maximum atomic E-state index is 9.51. The van der Waals surface area contributed by atoms with Gasteiger partial charge in [0.25, 0.3) is 0 Å². The van der Waals surface area contributed by atoms with Gasteiger partial charge in [-0.25, -0.2) is 4.98 Å². The van der Waals surface area contributed by atoms with Crippen LogP contribution in [0.15, 0.2) is 24.5 Å². The Kier molecular flexibility index (Phi) is 2.79. The summed E-state index contributed by atoms with van der Waals surface area (Å²) in [5.41, 5.74) is 3.04. The second kappa shape index (κ2) is 4.36. The van der Waals surface area contributed by atoms with E-state index in [1.807, 2.05) is 25.0 Å². The number of aromatic nitrogens is 2. The van der Waals surface area contributed by atoms with Crippen molar-refractivity contribution in [2.75, 3.05) is 7.05 Å². The Balaban J connectivity index is 2.04. The van der Waals surface area contributed by atoms with Crippen molar-refractivity contribution in [2.45, 2.75) is 25.3 Å². The molecule has 0 amide bonds. The number of rotatable bonds is 3. The highest BCUT2D eigenvalue weighted by Gasteiger charge is 2.44. The summed E-state index contributed by atoms with van der Waals surface area (Å²) in [6, 6.07) is 8.93. The van der Waals surface area contributed by atoms with Gasteiger partial charge in [-0.1, -0.05) is 12.5 Å². The minimum atomic E-state index is -0.239. The standard InChI is InChI=1S/C15H18N4/c1-17-14(15(9-16)6-3-7-15)11-4-5-13-12(8-11)18-10-19(13)2/h4-5,8,10,14,17H,3,6-7H2,1-2H3. The van der Waals surface area contributed by atoms with Crippen LogP contribution in [0.1, 0.15) is 30.9 Å². The zero-order valence-corrected chi connectivity index (χ0v) is 11.3. The van der Waals surface area contributed by atoms with Gasteiger partial charge in [0.05, 0.1) is 34.9 Å². The molecule has 0 bridgehead atoms. The molecule has 3 rings (SSSR count). The van der Waals surface area contributed by atoms with Crippen LogP contribution in [-0.2, 0) is 7.05 Å². The van der Waals surface area contributed by atoms with Crippen molar-refractivity contribution >= 4 is 11.0 Å². The van der Waals surface area contributed by atoms with E-state index >= 15 is 0 Å². The lowest BCUT2D eigenvalue weighted by Crippen LogP contribution is -2.40. The highest BCUT2D eigenvalue weighted by molar-refractivity contribution is 5.76. The smallest absolute Gasteiger partial charge is 0.0955 e. The molecule has 0 saturated heterocycles. The average Bonchev–Trinajstić information content (AvgIpc) is 2.75. The second-order valence-electron chi connectivity index (χ2n) is 5.45. The Morgan fingerprint density at radius 2 is 2.26 bits per heavy atom. The molecule has 1 atom stereocenters. The van der Waals surface area contributed by atoms with E-state index in [9.17, 15) is 5.26 Å². The summed E-state index contributed by atoms with van der Waals surface area (Å²) in [5, 5.41) is 12.8. The largest absolute Gasteiger partial charge is 0.334 e. The first-order valence-corrected chi connectivity index (χ1v) is 6.70. The minimum Gasteiger partial charge on any atom is -0.334 e. The summed E-state index contributed by atoms with van der Waals surface area (Å²) in [4.78, 5) is 4.40. The van der Waals surface area contributed by atoms with Crippen LogP contribution in [-0.4, -0.2) is 16.6 Å². The predicted molar refractivity (Wildman–Crippen MR) is 74.4 cm³/mol. The lowest BCUT2D eigenvalue weighted by atomic mass is 9.63. The number of nitrogens with zero attached hydrogens (tertiary/aromatic N) is 3. The van der Waals surface area contributed by atoms with Gasteiger partial charge in [-0.2, -0.15) is 5.26 Å². The maximum Gasteiger partial charge on any atom is 0.0955 e. The first kappa shape index (κ1) is 12.2. The molecule has 2 aromatic rings. The molecule has 1 aliphatic rings. The molecule has 1 aliphatic carbocycles. The first-order chi connectivity index (χ1) is 9.20. The van der Waals surface area contributed by atoms with Gasteiger partial charge in [0.1, 0.15) is 0 Å². The Morgan fingerprint density at radius 1 is 1.47 bits per heavy atom. The molecule has 0 spiro atoms. The van der Waals surface area contributed by atoms with Crippen LogP contribution in [0.5, 0.6) is 0 Å². The molecular weight excluding hydrogens is 236 g/mol. The van der Waals surface area contributed by atoms with E-state index in [1.165, 1.54) is 0 Å². The van der Waals surface area contributed by atoms with Gasteiger partial charge in [-0.3, -0.25) is 0 Å². The molecule has 0 aliphatic heterocycles. The van der Waals surface area contributed by atoms with Crippen molar-refractivity contribution in [2.24, 2.45) is 12.5 Å². The van der Waals surface area contributed by atoms with E-state index < -0.39 is 0 Å². The number of nitrogens with one attached hydrogen (secondary N) is 1. The Bertz CT molecular complexity index is 646. The quantitative estimate of drug-likeness (QED) is 0.915. The zero-order valence-electron chi connectivity index (χ0n) is 11.3. The van der Waals surface area contributed by atoms with E-state index in [4.69, 9.17) is 0 Å². The van der Waals surface area contributed by atoms with Gasteiger partial charge in [0, 0.05) is 7.05 Å². The molecular formula is C15H18N4. The van der Waals surface area contributed by atoms with Crippen molar-refractivity contribution in [3.05, 3.63) is 30.1 Å². The molecule has 0 radical (unpaired) electrons. The number of hydrogen-bond donors (Lipinski definition) is 1. The zero-order chi connectivity index (χ0) is 13.5. The van der Waals surface area contributed by atoms with E-state index in [-0.39, 0.29) is 11.5 Å². The molecule has 1 fully saturated rings. The minimum absolute atomic E-state index is 0.0951. The molecule has 1 unspecified atom stereocenters. The van der Waals surface area contributed by atoms with Crippen molar-refractivity contribution in [1.29, 1.82) is 5.26 Å². The highest BCUT2D eigenvalue weighted by Crippen LogP contribution is 2.49. The van der Waals surface area contributed by atoms with Gasteiger partial charge in [0.15, 0.2) is 0 Å². The van der Waals surface area contributed by atoms with Crippen LogP contribution in [0.4, 0.5) is 0 Å². The molecule has 1 aromatic heterocycles. The van der Waals surface area contributed by atoms with Crippen molar-refractivity contribution in [3.63, 3.8) is 0 Å². The summed E-state index contributed by atoms with van der Waals surface area (Å²) < 4.78 is 2.01. The fraction of sp³-hybridized carbons (Fsp3) is 0.467. The van der Waals surface area contributed by atoms with Crippen LogP contribution in [0.3, 0.4) is 0 Å². The topological polar surface area (TPSA) is 53.6 Å². The monoisotopic (exact) mass is 254 g/mol. The molecule has 98 valence electrons. The van der Waals surface area contributed by atoms with E-state index in [1.54, 1.807) is 0 Å². The van der Waals surface area contributed by atoms with Gasteiger partial charge in [0.2, 0.25) is 0 Å². The maximum absolute atomic E-state index is 9.51. The summed E-state index contributed by atoms with van der Waals surface area (Å²) in [6.45, 7) is 0. The molecule has 19 heavy (non-hydrogen) atoms. The summed E-state index contributed by atoms with van der Waals surface area (Å²) >= 11 is 0. The van der Waals surface area contributed by atoms with Crippen molar-refractivity contribution < 1.29 is 0 Å². The van der Waals surface area contributed by atoms with Crippen molar-refractivity contribution in [3.8, 4) is 6.07 Å². The second-order valence-corrected chi connectivity index (χ2v) is 5.45. The number of nitriles is 1. The molecule has 1 heterocycles. The van der Waals surface area contributed by atoms with Crippen LogP contribution >= 0.6 is 0 Å². The Hall–Kier alpha value is -1.86. The van der Waals surface area contributed by atoms with Crippen LogP contribution in [0, 0.1) is 16.7 Å². The van der Waals surface area contributed by atoms with E-state index in [2.05, 4.69) is 34.6 Å². The molecule has 4 nitrogen and oxygen atoms in total. The molecule has 1 N–H and O–H groups in total. The molecule has 1 saturated carbocycles. The van der Waals surface area contributed by atoms with Gasteiger partial charge in [-0.05, 0) is 37.6 Å². The van der Waals surface area contributed by atoms with Gasteiger partial charge in [-0.15, -0.1) is 0 Å². The van der Waals surface area contributed by atoms with Crippen LogP contribution in [0.25, 0.3) is 11.0 Å². The van der Waals surface area contributed by atoms with Crippen LogP contribution < -0.4 is 5.32 Å². The number of imidazole rings is 1. The number of hydrogen-bond acceptors (Lipinski definition) is 3. The van der Waals surface area contributed by atoms with E-state index in [0.29, 0.717) is 0 Å². The summed E-state index contributed by atoms with van der Waals surface area (Å²) in [6.07, 6.45) is 4.94. The van der Waals surface area contributed by atoms with Gasteiger partial charge < -0.3 is 9.88 Å².